The maximum Gasteiger partial charge on any atom is 0.339 e. The Hall–Kier alpha value is -2.93. The van der Waals surface area contributed by atoms with E-state index in [4.69, 9.17) is 16.3 Å². The number of esters is 1. The molecular formula is C20H22ClN3O4. The molecule has 2 aromatic rings. The highest BCUT2D eigenvalue weighted by Crippen LogP contribution is 2.29. The molecule has 1 heterocycles. The molecule has 28 heavy (non-hydrogen) atoms. The van der Waals surface area contributed by atoms with Crippen LogP contribution < -0.4 is 10.6 Å². The number of aromatic nitrogens is 1. The van der Waals surface area contributed by atoms with Crippen molar-refractivity contribution in [3.8, 4) is 0 Å². The highest BCUT2D eigenvalue weighted by atomic mass is 35.5. The number of hydrogen-bond acceptors (Lipinski definition) is 5. The Bertz CT molecular complexity index is 928. The monoisotopic (exact) mass is 403 g/mol. The van der Waals surface area contributed by atoms with Crippen LogP contribution >= 0.6 is 11.6 Å². The quantitative estimate of drug-likeness (QED) is 0.719. The molecule has 0 atom stereocenters. The van der Waals surface area contributed by atoms with Gasteiger partial charge in [-0.1, -0.05) is 18.5 Å². The van der Waals surface area contributed by atoms with E-state index in [1.165, 1.54) is 19.2 Å². The number of carbonyl (C=O) groups is 3. The number of rotatable bonds is 6. The van der Waals surface area contributed by atoms with Gasteiger partial charge in [0.25, 0.3) is 11.8 Å². The Balaban J connectivity index is 2.45. The third-order valence-corrected chi connectivity index (χ3v) is 4.48. The summed E-state index contributed by atoms with van der Waals surface area (Å²) >= 11 is 6.14. The van der Waals surface area contributed by atoms with Gasteiger partial charge in [0.05, 0.1) is 23.9 Å². The lowest BCUT2D eigenvalue weighted by Gasteiger charge is -2.15. The lowest BCUT2D eigenvalue weighted by Crippen LogP contribution is -2.29. The number of aryl methyl sites for hydroxylation is 1. The second-order valence-electron chi connectivity index (χ2n) is 6.15. The molecule has 2 rings (SSSR count). The number of hydrogen-bond donors (Lipinski definition) is 2. The van der Waals surface area contributed by atoms with Gasteiger partial charge in [-0.05, 0) is 50.1 Å². The molecule has 1 aromatic heterocycles. The van der Waals surface area contributed by atoms with Crippen molar-refractivity contribution in [2.45, 2.75) is 27.2 Å². The van der Waals surface area contributed by atoms with Crippen molar-refractivity contribution in [1.82, 2.24) is 10.3 Å². The molecule has 0 radical (unpaired) electrons. The molecule has 0 aliphatic heterocycles. The molecule has 2 N–H and O–H groups in total. The molecule has 2 amide bonds. The van der Waals surface area contributed by atoms with E-state index in [-0.39, 0.29) is 22.5 Å². The fraction of sp³-hybridized carbons (Fsp3) is 0.300. The van der Waals surface area contributed by atoms with Crippen LogP contribution in [0.3, 0.4) is 0 Å². The molecule has 1 aromatic carbocycles. The summed E-state index contributed by atoms with van der Waals surface area (Å²) in [7, 11) is 1.25. The highest BCUT2D eigenvalue weighted by molar-refractivity contribution is 6.32. The lowest BCUT2D eigenvalue weighted by atomic mass is 10.1. The van der Waals surface area contributed by atoms with E-state index in [2.05, 4.69) is 15.6 Å². The first-order valence-corrected chi connectivity index (χ1v) is 9.12. The van der Waals surface area contributed by atoms with E-state index >= 15 is 0 Å². The average molecular weight is 404 g/mol. The number of nitrogens with zero attached hydrogens (tertiary/aromatic N) is 1. The van der Waals surface area contributed by atoms with Crippen LogP contribution in [0, 0.1) is 13.8 Å². The molecule has 7 nitrogen and oxygen atoms in total. The minimum atomic E-state index is -0.613. The molecule has 0 bridgehead atoms. The van der Waals surface area contributed by atoms with Crippen LogP contribution in [-0.2, 0) is 4.74 Å². The summed E-state index contributed by atoms with van der Waals surface area (Å²) in [6.45, 7) is 5.80. The number of nitrogens with one attached hydrogen (secondary N) is 2. The predicted molar refractivity (Wildman–Crippen MR) is 107 cm³/mol. The Kier molecular flexibility index (Phi) is 7.12. The van der Waals surface area contributed by atoms with Crippen molar-refractivity contribution in [2.24, 2.45) is 0 Å². The minimum absolute atomic E-state index is 0.0187. The Morgan fingerprint density at radius 2 is 1.75 bits per heavy atom. The van der Waals surface area contributed by atoms with Crippen molar-refractivity contribution in [2.75, 3.05) is 19.0 Å². The van der Waals surface area contributed by atoms with Crippen molar-refractivity contribution < 1.29 is 19.1 Å². The van der Waals surface area contributed by atoms with E-state index in [0.717, 1.165) is 6.42 Å². The summed E-state index contributed by atoms with van der Waals surface area (Å²) in [6, 6.07) is 6.18. The molecule has 8 heteroatoms. The van der Waals surface area contributed by atoms with Gasteiger partial charge in [0.15, 0.2) is 0 Å². The predicted octanol–water partition coefficient (Wildman–Crippen LogP) is 3.53. The molecule has 0 saturated heterocycles. The fourth-order valence-electron chi connectivity index (χ4n) is 2.54. The van der Waals surface area contributed by atoms with E-state index in [1.807, 2.05) is 6.92 Å². The maximum absolute atomic E-state index is 12.9. The number of anilines is 1. The van der Waals surface area contributed by atoms with Crippen molar-refractivity contribution in [3.63, 3.8) is 0 Å². The molecular weight excluding hydrogens is 382 g/mol. The van der Waals surface area contributed by atoms with E-state index in [1.54, 1.807) is 26.0 Å². The maximum atomic E-state index is 12.9. The smallest absolute Gasteiger partial charge is 0.339 e. The zero-order chi connectivity index (χ0) is 20.8. The topological polar surface area (TPSA) is 97.4 Å². The zero-order valence-corrected chi connectivity index (χ0v) is 16.9. The summed E-state index contributed by atoms with van der Waals surface area (Å²) in [5.41, 5.74) is 1.61. The average Bonchev–Trinajstić information content (AvgIpc) is 2.68. The van der Waals surface area contributed by atoms with Crippen LogP contribution in [-0.4, -0.2) is 36.4 Å². The van der Waals surface area contributed by atoms with E-state index < -0.39 is 17.8 Å². The number of amides is 2. The lowest BCUT2D eigenvalue weighted by molar-refractivity contribution is 0.0601. The number of halogens is 1. The van der Waals surface area contributed by atoms with Gasteiger partial charge < -0.3 is 15.4 Å². The van der Waals surface area contributed by atoms with Gasteiger partial charge in [0.1, 0.15) is 5.69 Å². The number of pyridine rings is 1. The van der Waals surface area contributed by atoms with Crippen LogP contribution in [0.25, 0.3) is 0 Å². The summed E-state index contributed by atoms with van der Waals surface area (Å²) in [4.78, 5) is 41.6. The van der Waals surface area contributed by atoms with Gasteiger partial charge in [0.2, 0.25) is 0 Å². The standard InChI is InChI=1S/C20H22ClN3O4/c1-5-10-22-19(26)17-13(7-6-11(2)23-17)18(25)24-16-12(3)15(21)9-8-14(16)20(27)28-4/h6-9H,5,10H2,1-4H3,(H,22,26)(H,24,25). The van der Waals surface area contributed by atoms with Gasteiger partial charge in [0, 0.05) is 17.3 Å². The molecule has 0 saturated carbocycles. The van der Waals surface area contributed by atoms with Crippen LogP contribution in [0.15, 0.2) is 24.3 Å². The molecule has 0 aliphatic rings. The van der Waals surface area contributed by atoms with Gasteiger partial charge in [-0.25, -0.2) is 9.78 Å². The van der Waals surface area contributed by atoms with E-state index in [0.29, 0.717) is 22.8 Å². The van der Waals surface area contributed by atoms with Gasteiger partial charge in [-0.3, -0.25) is 9.59 Å². The number of methoxy groups -OCH3 is 1. The molecule has 148 valence electrons. The minimum Gasteiger partial charge on any atom is -0.465 e. The second-order valence-corrected chi connectivity index (χ2v) is 6.55. The summed E-state index contributed by atoms with van der Waals surface area (Å²) in [5, 5.41) is 5.78. The molecule has 0 unspecified atom stereocenters. The first kappa shape index (κ1) is 21.4. The summed E-state index contributed by atoms with van der Waals surface area (Å²) in [5.74, 6) is -1.63. The Morgan fingerprint density at radius 3 is 2.39 bits per heavy atom. The van der Waals surface area contributed by atoms with Crippen LogP contribution in [0.1, 0.15) is 55.8 Å². The third-order valence-electron chi connectivity index (χ3n) is 4.07. The summed E-state index contributed by atoms with van der Waals surface area (Å²) in [6.07, 6.45) is 0.753. The SMILES string of the molecule is CCCNC(=O)c1nc(C)ccc1C(=O)Nc1c(C(=O)OC)ccc(Cl)c1C. The molecule has 0 aliphatic carbocycles. The molecule has 0 spiro atoms. The Morgan fingerprint density at radius 1 is 1.07 bits per heavy atom. The van der Waals surface area contributed by atoms with Gasteiger partial charge in [-0.2, -0.15) is 0 Å². The zero-order valence-electron chi connectivity index (χ0n) is 16.2. The van der Waals surface area contributed by atoms with Gasteiger partial charge >= 0.3 is 5.97 Å². The number of ether oxygens (including phenoxy) is 1. The van der Waals surface area contributed by atoms with Crippen molar-refractivity contribution in [3.05, 3.63) is 57.4 Å². The number of carbonyl (C=O) groups excluding carboxylic acids is 3. The van der Waals surface area contributed by atoms with E-state index in [9.17, 15) is 14.4 Å². The van der Waals surface area contributed by atoms with Crippen LogP contribution in [0.2, 0.25) is 5.02 Å². The first-order chi connectivity index (χ1) is 13.3. The van der Waals surface area contributed by atoms with Crippen molar-refractivity contribution >= 4 is 35.1 Å². The Labute approximate surface area is 168 Å². The third kappa shape index (κ3) is 4.67. The largest absolute Gasteiger partial charge is 0.465 e. The van der Waals surface area contributed by atoms with Crippen molar-refractivity contribution in [1.29, 1.82) is 0 Å². The molecule has 0 fully saturated rings. The normalized spacial score (nSPS) is 10.3. The fourth-order valence-corrected chi connectivity index (χ4v) is 2.70. The first-order valence-electron chi connectivity index (χ1n) is 8.74. The highest BCUT2D eigenvalue weighted by Gasteiger charge is 2.23. The second kappa shape index (κ2) is 9.32. The van der Waals surface area contributed by atoms with Crippen LogP contribution in [0.4, 0.5) is 5.69 Å². The number of benzene rings is 1. The van der Waals surface area contributed by atoms with Gasteiger partial charge in [-0.15, -0.1) is 0 Å². The van der Waals surface area contributed by atoms with Crippen LogP contribution in [0.5, 0.6) is 0 Å². The summed E-state index contributed by atoms with van der Waals surface area (Å²) < 4.78 is 4.77.